The number of anilines is 3. The van der Waals surface area contributed by atoms with E-state index in [1.807, 2.05) is 19.1 Å². The van der Waals surface area contributed by atoms with E-state index in [4.69, 9.17) is 0 Å². The van der Waals surface area contributed by atoms with E-state index in [-0.39, 0.29) is 5.91 Å². The van der Waals surface area contributed by atoms with Gasteiger partial charge in [-0.2, -0.15) is 0 Å². The first kappa shape index (κ1) is 20.1. The fraction of sp³-hybridized carbons (Fsp3) is 0.476. The Morgan fingerprint density at radius 1 is 1.11 bits per heavy atom. The Balaban J connectivity index is 1.66. The minimum absolute atomic E-state index is 0.240. The van der Waals surface area contributed by atoms with Gasteiger partial charge in [0.1, 0.15) is 11.5 Å². The fourth-order valence-electron chi connectivity index (χ4n) is 3.40. The summed E-state index contributed by atoms with van der Waals surface area (Å²) in [6, 6.07) is 6.09. The van der Waals surface area contributed by atoms with Crippen molar-refractivity contribution in [3.05, 3.63) is 41.9 Å². The zero-order chi connectivity index (χ0) is 20.1. The SMILES string of the molecule is CCN(CC)c1ccc(NC(=O)c2cnc(N3CCN(C)CC3)cn2)c(C)c1. The van der Waals surface area contributed by atoms with Gasteiger partial charge in [-0.1, -0.05) is 0 Å². The van der Waals surface area contributed by atoms with Gasteiger partial charge in [0.2, 0.25) is 0 Å². The van der Waals surface area contributed by atoms with Gasteiger partial charge in [-0.15, -0.1) is 0 Å². The van der Waals surface area contributed by atoms with E-state index in [9.17, 15) is 4.79 Å². The summed E-state index contributed by atoms with van der Waals surface area (Å²) in [5.41, 5.74) is 3.31. The fourth-order valence-corrected chi connectivity index (χ4v) is 3.40. The molecular formula is C21H30N6O. The summed E-state index contributed by atoms with van der Waals surface area (Å²) >= 11 is 0. The highest BCUT2D eigenvalue weighted by Crippen LogP contribution is 2.23. The molecule has 0 unspecified atom stereocenters. The number of piperazine rings is 1. The highest BCUT2D eigenvalue weighted by atomic mass is 16.1. The molecule has 1 N–H and O–H groups in total. The van der Waals surface area contributed by atoms with Gasteiger partial charge in [-0.3, -0.25) is 4.79 Å². The molecule has 150 valence electrons. The van der Waals surface area contributed by atoms with E-state index in [0.29, 0.717) is 5.69 Å². The first-order chi connectivity index (χ1) is 13.5. The molecule has 0 radical (unpaired) electrons. The van der Waals surface area contributed by atoms with Crippen LogP contribution in [0, 0.1) is 6.92 Å². The van der Waals surface area contributed by atoms with Gasteiger partial charge in [0, 0.05) is 50.6 Å². The third-order valence-electron chi connectivity index (χ3n) is 5.28. The molecule has 2 aromatic rings. The Hall–Kier alpha value is -2.67. The predicted molar refractivity (Wildman–Crippen MR) is 114 cm³/mol. The Morgan fingerprint density at radius 3 is 2.39 bits per heavy atom. The summed E-state index contributed by atoms with van der Waals surface area (Å²) in [6.45, 7) is 12.1. The average molecular weight is 383 g/mol. The zero-order valence-corrected chi connectivity index (χ0v) is 17.3. The molecule has 1 aromatic carbocycles. The smallest absolute Gasteiger partial charge is 0.275 e. The highest BCUT2D eigenvalue weighted by molar-refractivity contribution is 6.03. The first-order valence-corrected chi connectivity index (χ1v) is 9.94. The van der Waals surface area contributed by atoms with Crippen molar-refractivity contribution in [1.82, 2.24) is 14.9 Å². The van der Waals surface area contributed by atoms with Crippen molar-refractivity contribution in [3.8, 4) is 0 Å². The van der Waals surface area contributed by atoms with Crippen LogP contribution in [-0.2, 0) is 0 Å². The Bertz CT molecular complexity index is 795. The molecule has 3 rings (SSSR count). The van der Waals surface area contributed by atoms with E-state index in [2.05, 4.69) is 56.9 Å². The Kier molecular flexibility index (Phi) is 6.46. The van der Waals surface area contributed by atoms with Crippen LogP contribution in [0.2, 0.25) is 0 Å². The third-order valence-corrected chi connectivity index (χ3v) is 5.28. The number of amides is 1. The molecule has 0 spiro atoms. The molecule has 7 heteroatoms. The lowest BCUT2D eigenvalue weighted by Crippen LogP contribution is -2.44. The van der Waals surface area contributed by atoms with E-state index in [1.165, 1.54) is 0 Å². The number of aryl methyl sites for hydroxylation is 1. The standard InChI is InChI=1S/C21H30N6O/c1-5-26(6-2)17-7-8-18(16(3)13-17)24-21(28)19-14-23-20(15-22-19)27-11-9-25(4)10-12-27/h7-8,13-15H,5-6,9-12H2,1-4H3,(H,24,28). The van der Waals surface area contributed by atoms with Gasteiger partial charge in [0.05, 0.1) is 12.4 Å². The van der Waals surface area contributed by atoms with Crippen LogP contribution in [0.3, 0.4) is 0 Å². The van der Waals surface area contributed by atoms with Gasteiger partial charge in [-0.05, 0) is 51.6 Å². The number of hydrogen-bond acceptors (Lipinski definition) is 6. The number of nitrogens with zero attached hydrogens (tertiary/aromatic N) is 5. The summed E-state index contributed by atoms with van der Waals surface area (Å²) in [5.74, 6) is 0.584. The quantitative estimate of drug-likeness (QED) is 0.829. The second-order valence-corrected chi connectivity index (χ2v) is 7.18. The number of likely N-dealkylation sites (N-methyl/N-ethyl adjacent to an activating group) is 1. The monoisotopic (exact) mass is 382 g/mol. The number of hydrogen-bond donors (Lipinski definition) is 1. The number of nitrogens with one attached hydrogen (secondary N) is 1. The van der Waals surface area contributed by atoms with E-state index in [0.717, 1.165) is 62.0 Å². The molecule has 0 atom stereocenters. The molecule has 2 heterocycles. The van der Waals surface area contributed by atoms with Crippen molar-refractivity contribution in [2.75, 3.05) is 61.4 Å². The van der Waals surface area contributed by atoms with Crippen molar-refractivity contribution in [2.24, 2.45) is 0 Å². The van der Waals surface area contributed by atoms with Gasteiger partial charge < -0.3 is 20.0 Å². The average Bonchev–Trinajstić information content (AvgIpc) is 2.71. The maximum Gasteiger partial charge on any atom is 0.275 e. The zero-order valence-electron chi connectivity index (χ0n) is 17.3. The summed E-state index contributed by atoms with van der Waals surface area (Å²) in [7, 11) is 2.12. The molecule has 1 fully saturated rings. The predicted octanol–water partition coefficient (Wildman–Crippen LogP) is 2.64. The Labute approximate surface area is 167 Å². The normalized spacial score (nSPS) is 14.8. The van der Waals surface area contributed by atoms with Crippen LogP contribution in [0.1, 0.15) is 29.9 Å². The summed E-state index contributed by atoms with van der Waals surface area (Å²) < 4.78 is 0. The van der Waals surface area contributed by atoms with Gasteiger partial charge in [-0.25, -0.2) is 9.97 Å². The molecule has 1 aromatic heterocycles. The molecule has 0 saturated carbocycles. The van der Waals surface area contributed by atoms with Crippen LogP contribution in [0.4, 0.5) is 17.2 Å². The molecule has 1 aliphatic rings. The summed E-state index contributed by atoms with van der Waals surface area (Å²) in [4.78, 5) is 28.1. The number of rotatable bonds is 6. The van der Waals surface area contributed by atoms with Crippen LogP contribution in [0.25, 0.3) is 0 Å². The van der Waals surface area contributed by atoms with Crippen molar-refractivity contribution >= 4 is 23.1 Å². The Morgan fingerprint density at radius 2 is 1.82 bits per heavy atom. The molecule has 0 bridgehead atoms. The third kappa shape index (κ3) is 4.59. The minimum atomic E-state index is -0.240. The van der Waals surface area contributed by atoms with E-state index in [1.54, 1.807) is 12.4 Å². The van der Waals surface area contributed by atoms with Crippen molar-refractivity contribution in [1.29, 1.82) is 0 Å². The minimum Gasteiger partial charge on any atom is -0.372 e. The van der Waals surface area contributed by atoms with Crippen molar-refractivity contribution in [2.45, 2.75) is 20.8 Å². The topological polar surface area (TPSA) is 64.6 Å². The van der Waals surface area contributed by atoms with Gasteiger partial charge in [0.15, 0.2) is 0 Å². The van der Waals surface area contributed by atoms with Crippen LogP contribution < -0.4 is 15.1 Å². The van der Waals surface area contributed by atoms with Crippen molar-refractivity contribution in [3.63, 3.8) is 0 Å². The molecule has 0 aliphatic carbocycles. The highest BCUT2D eigenvalue weighted by Gasteiger charge is 2.17. The van der Waals surface area contributed by atoms with Crippen LogP contribution in [0.5, 0.6) is 0 Å². The van der Waals surface area contributed by atoms with Gasteiger partial charge in [0.25, 0.3) is 5.91 Å². The van der Waals surface area contributed by atoms with Crippen LogP contribution in [0.15, 0.2) is 30.6 Å². The number of carbonyl (C=O) groups excluding carboxylic acids is 1. The summed E-state index contributed by atoms with van der Waals surface area (Å²) in [6.07, 6.45) is 3.25. The molecule has 1 saturated heterocycles. The van der Waals surface area contributed by atoms with E-state index >= 15 is 0 Å². The van der Waals surface area contributed by atoms with E-state index < -0.39 is 0 Å². The summed E-state index contributed by atoms with van der Waals surface area (Å²) in [5, 5.41) is 2.95. The lowest BCUT2D eigenvalue weighted by Gasteiger charge is -2.32. The maximum atomic E-state index is 12.6. The lowest BCUT2D eigenvalue weighted by molar-refractivity contribution is 0.102. The van der Waals surface area contributed by atoms with Crippen LogP contribution >= 0.6 is 0 Å². The number of carbonyl (C=O) groups is 1. The van der Waals surface area contributed by atoms with Crippen LogP contribution in [-0.4, -0.2) is 67.1 Å². The molecular weight excluding hydrogens is 352 g/mol. The number of benzene rings is 1. The second kappa shape index (κ2) is 9.01. The molecule has 1 amide bonds. The lowest BCUT2D eigenvalue weighted by atomic mass is 10.1. The van der Waals surface area contributed by atoms with Crippen molar-refractivity contribution < 1.29 is 4.79 Å². The number of aromatic nitrogens is 2. The molecule has 28 heavy (non-hydrogen) atoms. The maximum absolute atomic E-state index is 12.6. The molecule has 1 aliphatic heterocycles. The van der Waals surface area contributed by atoms with Gasteiger partial charge >= 0.3 is 0 Å². The largest absolute Gasteiger partial charge is 0.372 e. The second-order valence-electron chi connectivity index (χ2n) is 7.18. The first-order valence-electron chi connectivity index (χ1n) is 9.94. The molecule has 7 nitrogen and oxygen atoms in total.